The lowest BCUT2D eigenvalue weighted by Gasteiger charge is -2.26. The van der Waals surface area contributed by atoms with Crippen LogP contribution in [0, 0.1) is 0 Å². The topological polar surface area (TPSA) is 129 Å². The lowest BCUT2D eigenvalue weighted by atomic mass is 9.93. The van der Waals surface area contributed by atoms with Crippen molar-refractivity contribution in [1.82, 2.24) is 5.32 Å². The molecule has 27 heavy (non-hydrogen) atoms. The molecule has 1 saturated carbocycles. The number of nitrogens with zero attached hydrogens (tertiary/aromatic N) is 1. The average Bonchev–Trinajstić information content (AvgIpc) is 2.63. The van der Waals surface area contributed by atoms with Crippen molar-refractivity contribution in [2.24, 2.45) is 22.2 Å². The standard InChI is InChI=1S/C20H35N5O2/c1-4-7-14(5-2)12-18(21)17(19(22)26)13-24-20(23)25-15-8-10-16(11-9-15)27-6-3/h13,15-16H,4-11,21H2,1-3H3,(H2,22,26)(H3,23,24,25)/b17-13+. The van der Waals surface area contributed by atoms with Gasteiger partial charge in [0.15, 0.2) is 5.96 Å². The first-order valence-corrected chi connectivity index (χ1v) is 9.87. The summed E-state index contributed by atoms with van der Waals surface area (Å²) in [5.74, 6) is -0.390. The smallest absolute Gasteiger partial charge is 0.252 e. The van der Waals surface area contributed by atoms with E-state index in [-0.39, 0.29) is 23.3 Å². The lowest BCUT2D eigenvalue weighted by Crippen LogP contribution is -2.32. The summed E-state index contributed by atoms with van der Waals surface area (Å²) in [5, 5.41) is 2.84. The van der Waals surface area contributed by atoms with Gasteiger partial charge >= 0.3 is 0 Å². The number of nitrogens with two attached hydrogens (primary N) is 3. The summed E-state index contributed by atoms with van der Waals surface area (Å²) in [4.78, 5) is 16.2. The first-order valence-electron chi connectivity index (χ1n) is 9.87. The summed E-state index contributed by atoms with van der Waals surface area (Å²) in [5.41, 5.74) is 21.9. The molecule has 0 spiro atoms. The molecule has 7 nitrogen and oxygen atoms in total. The molecule has 7 heteroatoms. The molecule has 7 N–H and O–H groups in total. The number of rotatable bonds is 9. The molecule has 0 aliphatic heterocycles. The van der Waals surface area contributed by atoms with E-state index in [2.05, 4.69) is 23.0 Å². The second kappa shape index (κ2) is 12.2. The number of hydrogen-bond donors (Lipinski definition) is 4. The molecule has 0 unspecified atom stereocenters. The summed E-state index contributed by atoms with van der Waals surface area (Å²) in [6.45, 7) is 6.86. The SMILES string of the molecule is CCCC(=C=C(N)/C(=C\NC(N)=NC1CCC(OCC)CC1)C(N)=O)CC. The number of guanidine groups is 1. The van der Waals surface area contributed by atoms with E-state index in [1.54, 1.807) is 0 Å². The molecule has 152 valence electrons. The highest BCUT2D eigenvalue weighted by Crippen LogP contribution is 2.23. The van der Waals surface area contributed by atoms with Gasteiger partial charge in [-0.25, -0.2) is 4.99 Å². The predicted molar refractivity (Wildman–Crippen MR) is 110 cm³/mol. The fourth-order valence-electron chi connectivity index (χ4n) is 3.13. The molecule has 0 aromatic rings. The van der Waals surface area contributed by atoms with E-state index in [9.17, 15) is 4.79 Å². The molecule has 0 radical (unpaired) electrons. The van der Waals surface area contributed by atoms with E-state index in [4.69, 9.17) is 21.9 Å². The van der Waals surface area contributed by atoms with Crippen LogP contribution in [-0.2, 0) is 9.53 Å². The van der Waals surface area contributed by atoms with E-state index in [0.29, 0.717) is 6.10 Å². The minimum Gasteiger partial charge on any atom is -0.392 e. The Hall–Kier alpha value is -2.24. The minimum absolute atomic E-state index is 0.148. The number of carbonyl (C=O) groups excluding carboxylic acids is 1. The van der Waals surface area contributed by atoms with E-state index < -0.39 is 5.91 Å². The molecule has 1 aliphatic rings. The van der Waals surface area contributed by atoms with E-state index in [0.717, 1.165) is 57.1 Å². The van der Waals surface area contributed by atoms with Crippen LogP contribution in [-0.4, -0.2) is 30.6 Å². The third-order valence-corrected chi connectivity index (χ3v) is 4.58. The number of nitrogens with one attached hydrogen (secondary N) is 1. The first kappa shape index (κ1) is 22.8. The van der Waals surface area contributed by atoms with Crippen LogP contribution in [0.1, 0.15) is 65.7 Å². The molecule has 1 aliphatic carbocycles. The molecular formula is C20H35N5O2. The van der Waals surface area contributed by atoms with Gasteiger partial charge in [0.25, 0.3) is 5.91 Å². The summed E-state index contributed by atoms with van der Waals surface area (Å²) >= 11 is 0. The Morgan fingerprint density at radius 1 is 1.19 bits per heavy atom. The van der Waals surface area contributed by atoms with Crippen LogP contribution >= 0.6 is 0 Å². The Balaban J connectivity index is 2.80. The second-order valence-corrected chi connectivity index (χ2v) is 6.71. The fourth-order valence-corrected chi connectivity index (χ4v) is 3.13. The predicted octanol–water partition coefficient (Wildman–Crippen LogP) is 2.19. The molecule has 0 heterocycles. The minimum atomic E-state index is -0.635. The highest BCUT2D eigenvalue weighted by Gasteiger charge is 2.21. The van der Waals surface area contributed by atoms with Crippen molar-refractivity contribution in [3.05, 3.63) is 28.8 Å². The zero-order chi connectivity index (χ0) is 20.2. The molecule has 0 aromatic heterocycles. The van der Waals surface area contributed by atoms with Gasteiger partial charge in [0.05, 0.1) is 23.4 Å². The maximum Gasteiger partial charge on any atom is 0.252 e. The van der Waals surface area contributed by atoms with E-state index in [1.807, 2.05) is 13.8 Å². The molecule has 0 aromatic carbocycles. The number of ether oxygens (including phenoxy) is 1. The van der Waals surface area contributed by atoms with Gasteiger partial charge in [0.1, 0.15) is 0 Å². The molecule has 1 fully saturated rings. The van der Waals surface area contributed by atoms with Gasteiger partial charge in [-0.2, -0.15) is 0 Å². The first-order chi connectivity index (χ1) is 12.9. The van der Waals surface area contributed by atoms with Crippen LogP contribution in [0.3, 0.4) is 0 Å². The van der Waals surface area contributed by atoms with Gasteiger partial charge in [0, 0.05) is 12.8 Å². The third-order valence-electron chi connectivity index (χ3n) is 4.58. The van der Waals surface area contributed by atoms with E-state index in [1.165, 1.54) is 6.20 Å². The Morgan fingerprint density at radius 2 is 1.85 bits per heavy atom. The van der Waals surface area contributed by atoms with Crippen LogP contribution in [0.4, 0.5) is 0 Å². The van der Waals surface area contributed by atoms with Crippen molar-refractivity contribution < 1.29 is 9.53 Å². The van der Waals surface area contributed by atoms with Crippen molar-refractivity contribution >= 4 is 11.9 Å². The van der Waals surface area contributed by atoms with Gasteiger partial charge in [-0.1, -0.05) is 26.0 Å². The summed E-state index contributed by atoms with van der Waals surface area (Å²) in [7, 11) is 0. The lowest BCUT2D eigenvalue weighted by molar-refractivity contribution is -0.114. The van der Waals surface area contributed by atoms with Crippen molar-refractivity contribution in [3.63, 3.8) is 0 Å². The Labute approximate surface area is 162 Å². The third kappa shape index (κ3) is 8.33. The van der Waals surface area contributed by atoms with Gasteiger partial charge in [-0.05, 0) is 51.0 Å². The monoisotopic (exact) mass is 377 g/mol. The van der Waals surface area contributed by atoms with Crippen LogP contribution in [0.15, 0.2) is 33.8 Å². The van der Waals surface area contributed by atoms with Crippen molar-refractivity contribution in [3.8, 4) is 0 Å². The molecule has 0 atom stereocenters. The number of aliphatic imine (C=N–C) groups is 1. The van der Waals surface area contributed by atoms with Crippen molar-refractivity contribution in [2.75, 3.05) is 6.61 Å². The van der Waals surface area contributed by atoms with Crippen molar-refractivity contribution in [1.29, 1.82) is 0 Å². The zero-order valence-electron chi connectivity index (χ0n) is 16.9. The largest absolute Gasteiger partial charge is 0.392 e. The molecule has 1 amide bonds. The van der Waals surface area contributed by atoms with Crippen LogP contribution < -0.4 is 22.5 Å². The summed E-state index contributed by atoms with van der Waals surface area (Å²) < 4.78 is 5.64. The second-order valence-electron chi connectivity index (χ2n) is 6.71. The Morgan fingerprint density at radius 3 is 2.37 bits per heavy atom. The average molecular weight is 378 g/mol. The van der Waals surface area contributed by atoms with Crippen LogP contribution in [0.25, 0.3) is 0 Å². The Bertz CT molecular complexity index is 610. The summed E-state index contributed by atoms with van der Waals surface area (Å²) in [6, 6.07) is 0.156. The van der Waals surface area contributed by atoms with Crippen molar-refractivity contribution in [2.45, 2.75) is 77.9 Å². The maximum absolute atomic E-state index is 11.7. The Kier molecular flexibility index (Phi) is 10.3. The molecule has 1 rings (SSSR count). The molecule has 0 saturated heterocycles. The highest BCUT2D eigenvalue weighted by molar-refractivity contribution is 5.96. The van der Waals surface area contributed by atoms with Gasteiger partial charge in [-0.15, -0.1) is 0 Å². The van der Waals surface area contributed by atoms with Gasteiger partial charge < -0.3 is 27.3 Å². The van der Waals surface area contributed by atoms with Gasteiger partial charge in [0.2, 0.25) is 0 Å². The zero-order valence-corrected chi connectivity index (χ0v) is 16.9. The normalized spacial score (nSPS) is 20.7. The number of carbonyl (C=O) groups is 1. The highest BCUT2D eigenvalue weighted by atomic mass is 16.5. The van der Waals surface area contributed by atoms with Crippen LogP contribution in [0.2, 0.25) is 0 Å². The van der Waals surface area contributed by atoms with E-state index >= 15 is 0 Å². The maximum atomic E-state index is 11.7. The summed E-state index contributed by atoms with van der Waals surface area (Å²) in [6.07, 6.45) is 8.25. The number of hydrogen-bond acceptors (Lipinski definition) is 4. The molecule has 0 bridgehead atoms. The fraction of sp³-hybridized carbons (Fsp3) is 0.650. The molecular weight excluding hydrogens is 342 g/mol. The number of primary amides is 1. The van der Waals surface area contributed by atoms with Gasteiger partial charge in [-0.3, -0.25) is 4.79 Å². The number of amides is 1. The quantitative estimate of drug-likeness (QED) is 0.161. The van der Waals surface area contributed by atoms with Crippen LogP contribution in [0.5, 0.6) is 0 Å².